The van der Waals surface area contributed by atoms with Crippen LogP contribution in [0.2, 0.25) is 0 Å². The van der Waals surface area contributed by atoms with E-state index in [-0.39, 0.29) is 0 Å². The van der Waals surface area contributed by atoms with Crippen LogP contribution < -0.4 is 9.47 Å². The van der Waals surface area contributed by atoms with Crippen molar-refractivity contribution in [2.24, 2.45) is 5.16 Å². The summed E-state index contributed by atoms with van der Waals surface area (Å²) in [5, 5.41) is 12.0. The zero-order valence-corrected chi connectivity index (χ0v) is 11.4. The van der Waals surface area contributed by atoms with Gasteiger partial charge in [-0.2, -0.15) is 0 Å². The Morgan fingerprint density at radius 2 is 2.15 bits per heavy atom. The summed E-state index contributed by atoms with van der Waals surface area (Å²) in [6, 6.07) is 11.1. The molecule has 104 valence electrons. The first-order valence-corrected chi connectivity index (χ1v) is 6.14. The number of hydrogen-bond donors (Lipinski definition) is 1. The third kappa shape index (κ3) is 3.26. The summed E-state index contributed by atoms with van der Waals surface area (Å²) in [5.41, 5.74) is 2.21. The van der Waals surface area contributed by atoms with Gasteiger partial charge in [-0.3, -0.25) is 0 Å². The van der Waals surface area contributed by atoms with Gasteiger partial charge < -0.3 is 14.7 Å². The lowest BCUT2D eigenvalue weighted by atomic mass is 10.1. The third-order valence-electron chi connectivity index (χ3n) is 2.84. The summed E-state index contributed by atoms with van der Waals surface area (Å²) in [5.74, 6) is 1.24. The largest absolute Gasteiger partial charge is 0.489 e. The van der Waals surface area contributed by atoms with Crippen molar-refractivity contribution in [3.05, 3.63) is 53.7 Å². The molecule has 0 radical (unpaired) electrons. The minimum Gasteiger partial charge on any atom is -0.489 e. The highest BCUT2D eigenvalue weighted by Crippen LogP contribution is 2.19. The van der Waals surface area contributed by atoms with Gasteiger partial charge in [-0.05, 0) is 31.2 Å². The molecule has 0 bridgehead atoms. The van der Waals surface area contributed by atoms with Crippen LogP contribution in [-0.4, -0.2) is 23.0 Å². The molecule has 0 spiro atoms. The molecule has 2 aromatic rings. The summed E-state index contributed by atoms with van der Waals surface area (Å²) < 4.78 is 10.9. The molecule has 1 aromatic heterocycles. The lowest BCUT2D eigenvalue weighted by Crippen LogP contribution is -2.01. The van der Waals surface area contributed by atoms with Crippen molar-refractivity contribution >= 4 is 5.71 Å². The zero-order valence-electron chi connectivity index (χ0n) is 11.4. The summed E-state index contributed by atoms with van der Waals surface area (Å²) in [6.07, 6.45) is 1.67. The van der Waals surface area contributed by atoms with E-state index in [1.807, 2.05) is 36.4 Å². The maximum atomic E-state index is 8.78. The highest BCUT2D eigenvalue weighted by atomic mass is 16.5. The highest BCUT2D eigenvalue weighted by molar-refractivity contribution is 5.98. The van der Waals surface area contributed by atoms with Crippen molar-refractivity contribution in [3.63, 3.8) is 0 Å². The van der Waals surface area contributed by atoms with Gasteiger partial charge >= 0.3 is 0 Å². The van der Waals surface area contributed by atoms with E-state index in [4.69, 9.17) is 14.7 Å². The van der Waals surface area contributed by atoms with Gasteiger partial charge in [-0.1, -0.05) is 17.3 Å². The fraction of sp³-hybridized carbons (Fsp3) is 0.200. The Kier molecular flexibility index (Phi) is 4.55. The molecule has 0 fully saturated rings. The van der Waals surface area contributed by atoms with E-state index in [2.05, 4.69) is 10.1 Å². The van der Waals surface area contributed by atoms with E-state index in [1.165, 1.54) is 0 Å². The van der Waals surface area contributed by atoms with Crippen molar-refractivity contribution in [2.75, 3.05) is 7.11 Å². The second-order valence-electron chi connectivity index (χ2n) is 4.17. The first-order chi connectivity index (χ1) is 9.74. The number of ether oxygens (including phenoxy) is 2. The number of oxime groups is 1. The molecule has 0 aliphatic rings. The maximum Gasteiger partial charge on any atom is 0.219 e. The molecule has 5 heteroatoms. The Balaban J connectivity index is 2.11. The van der Waals surface area contributed by atoms with Crippen LogP contribution in [-0.2, 0) is 6.61 Å². The standard InChI is InChI=1S/C15H16N2O3/c1-11(17-18)12-5-3-7-14(9-12)20-10-13-6-4-8-16-15(13)19-2/h3-9,18H,10H2,1-2H3/b17-11+. The first-order valence-electron chi connectivity index (χ1n) is 6.14. The second-order valence-corrected chi connectivity index (χ2v) is 4.17. The maximum absolute atomic E-state index is 8.78. The number of rotatable bonds is 5. The average molecular weight is 272 g/mol. The van der Waals surface area contributed by atoms with Crippen LogP contribution in [0.4, 0.5) is 0 Å². The van der Waals surface area contributed by atoms with Crippen LogP contribution in [0.15, 0.2) is 47.8 Å². The first kappa shape index (κ1) is 13.9. The van der Waals surface area contributed by atoms with Crippen molar-refractivity contribution in [3.8, 4) is 11.6 Å². The van der Waals surface area contributed by atoms with Gasteiger partial charge in [-0.15, -0.1) is 0 Å². The van der Waals surface area contributed by atoms with Crippen molar-refractivity contribution in [1.29, 1.82) is 0 Å². The van der Waals surface area contributed by atoms with Gasteiger partial charge in [0.2, 0.25) is 5.88 Å². The molecule has 0 aliphatic heterocycles. The molecule has 20 heavy (non-hydrogen) atoms. The lowest BCUT2D eigenvalue weighted by Gasteiger charge is -2.10. The molecule has 0 aliphatic carbocycles. The predicted molar refractivity (Wildman–Crippen MR) is 75.6 cm³/mol. The molecule has 2 rings (SSSR count). The summed E-state index contributed by atoms with van der Waals surface area (Å²) >= 11 is 0. The van der Waals surface area contributed by atoms with E-state index in [9.17, 15) is 0 Å². The Morgan fingerprint density at radius 3 is 2.90 bits per heavy atom. The fourth-order valence-electron chi connectivity index (χ4n) is 1.75. The van der Waals surface area contributed by atoms with E-state index < -0.39 is 0 Å². The highest BCUT2D eigenvalue weighted by Gasteiger charge is 2.05. The number of methoxy groups -OCH3 is 1. The summed E-state index contributed by atoms with van der Waals surface area (Å²) in [6.45, 7) is 2.08. The van der Waals surface area contributed by atoms with Crippen molar-refractivity contribution in [1.82, 2.24) is 4.98 Å². The minimum absolute atomic E-state index is 0.357. The summed E-state index contributed by atoms with van der Waals surface area (Å²) in [7, 11) is 1.58. The molecule has 0 saturated heterocycles. The van der Waals surface area contributed by atoms with Gasteiger partial charge in [-0.25, -0.2) is 4.98 Å². The minimum atomic E-state index is 0.357. The molecule has 1 N–H and O–H groups in total. The second kappa shape index (κ2) is 6.56. The van der Waals surface area contributed by atoms with Crippen LogP contribution in [0.1, 0.15) is 18.1 Å². The molecule has 0 saturated carbocycles. The van der Waals surface area contributed by atoms with Gasteiger partial charge in [0.15, 0.2) is 0 Å². The van der Waals surface area contributed by atoms with Crippen LogP contribution in [0.25, 0.3) is 0 Å². The lowest BCUT2D eigenvalue weighted by molar-refractivity contribution is 0.293. The zero-order chi connectivity index (χ0) is 14.4. The average Bonchev–Trinajstić information content (AvgIpc) is 2.52. The Labute approximate surface area is 117 Å². The molecule has 1 heterocycles. The van der Waals surface area contributed by atoms with Crippen LogP contribution in [0.5, 0.6) is 11.6 Å². The van der Waals surface area contributed by atoms with E-state index in [0.29, 0.717) is 23.9 Å². The molecule has 5 nitrogen and oxygen atoms in total. The Bertz CT molecular complexity index is 612. The predicted octanol–water partition coefficient (Wildman–Crippen LogP) is 2.87. The quantitative estimate of drug-likeness (QED) is 0.516. The SMILES string of the molecule is COc1ncccc1COc1cccc(/C(C)=N/O)c1. The Morgan fingerprint density at radius 1 is 1.30 bits per heavy atom. The van der Waals surface area contributed by atoms with Crippen LogP contribution in [0, 0.1) is 0 Å². The van der Waals surface area contributed by atoms with Crippen LogP contribution in [0.3, 0.4) is 0 Å². The molecular formula is C15H16N2O3. The number of nitrogens with zero attached hydrogens (tertiary/aromatic N) is 2. The number of pyridine rings is 1. The van der Waals surface area contributed by atoms with Gasteiger partial charge in [0.1, 0.15) is 12.4 Å². The Hall–Kier alpha value is -2.56. The molecule has 0 unspecified atom stereocenters. The van der Waals surface area contributed by atoms with E-state index >= 15 is 0 Å². The molecule has 1 aromatic carbocycles. The third-order valence-corrected chi connectivity index (χ3v) is 2.84. The molecular weight excluding hydrogens is 256 g/mol. The molecule has 0 atom stereocenters. The summed E-state index contributed by atoms with van der Waals surface area (Å²) in [4.78, 5) is 4.11. The molecule has 0 amide bonds. The van der Waals surface area contributed by atoms with E-state index in [1.54, 1.807) is 20.2 Å². The number of benzene rings is 1. The smallest absolute Gasteiger partial charge is 0.219 e. The van der Waals surface area contributed by atoms with Crippen molar-refractivity contribution < 1.29 is 14.7 Å². The van der Waals surface area contributed by atoms with Gasteiger partial charge in [0.25, 0.3) is 0 Å². The number of hydrogen-bond acceptors (Lipinski definition) is 5. The van der Waals surface area contributed by atoms with Gasteiger partial charge in [0, 0.05) is 11.8 Å². The number of aromatic nitrogens is 1. The van der Waals surface area contributed by atoms with E-state index in [0.717, 1.165) is 11.1 Å². The van der Waals surface area contributed by atoms with Gasteiger partial charge in [0.05, 0.1) is 18.4 Å². The fourth-order valence-corrected chi connectivity index (χ4v) is 1.75. The van der Waals surface area contributed by atoms with Crippen molar-refractivity contribution in [2.45, 2.75) is 13.5 Å². The van der Waals surface area contributed by atoms with Crippen LogP contribution >= 0.6 is 0 Å². The monoisotopic (exact) mass is 272 g/mol. The normalized spacial score (nSPS) is 11.2. The topological polar surface area (TPSA) is 63.9 Å².